The zero-order valence-corrected chi connectivity index (χ0v) is 12.3. The van der Waals surface area contributed by atoms with Gasteiger partial charge in [0.2, 0.25) is 5.91 Å². The Balaban J connectivity index is 2.26. The number of nitrogens with zero attached hydrogens (tertiary/aromatic N) is 2. The van der Waals surface area contributed by atoms with Crippen LogP contribution in [-0.4, -0.2) is 29.9 Å². The first-order valence-electron chi connectivity index (χ1n) is 6.73. The van der Waals surface area contributed by atoms with Crippen molar-refractivity contribution in [3.8, 4) is 0 Å². The van der Waals surface area contributed by atoms with Crippen LogP contribution in [0.25, 0.3) is 0 Å². The van der Waals surface area contributed by atoms with Crippen LogP contribution >= 0.6 is 0 Å². The average Bonchev–Trinajstić information content (AvgIpc) is 2.39. The van der Waals surface area contributed by atoms with Crippen molar-refractivity contribution < 1.29 is 4.79 Å². The fraction of sp³-hybridized carbons (Fsp3) is 0.500. The number of aliphatic imine (C=N–C) groups is 1. The molecule has 0 fully saturated rings. The molecule has 110 valence electrons. The lowest BCUT2D eigenvalue weighted by Crippen LogP contribution is -2.34. The van der Waals surface area contributed by atoms with E-state index in [0.29, 0.717) is 37.2 Å². The molecule has 20 heavy (non-hydrogen) atoms. The topological polar surface area (TPSA) is 92.4 Å². The number of rotatable bonds is 6. The van der Waals surface area contributed by atoms with Crippen LogP contribution in [0, 0.1) is 12.8 Å². The average molecular weight is 277 g/mol. The van der Waals surface area contributed by atoms with E-state index in [-0.39, 0.29) is 5.91 Å². The van der Waals surface area contributed by atoms with Gasteiger partial charge >= 0.3 is 0 Å². The number of anilines is 1. The van der Waals surface area contributed by atoms with E-state index >= 15 is 0 Å². The van der Waals surface area contributed by atoms with Crippen LogP contribution in [0.4, 0.5) is 5.82 Å². The van der Waals surface area contributed by atoms with Gasteiger partial charge in [-0.05, 0) is 24.5 Å². The van der Waals surface area contributed by atoms with E-state index in [1.54, 1.807) is 12.3 Å². The van der Waals surface area contributed by atoms with E-state index < -0.39 is 0 Å². The molecule has 0 unspecified atom stereocenters. The molecule has 0 radical (unpaired) electrons. The molecule has 0 aliphatic rings. The zero-order chi connectivity index (χ0) is 15.0. The highest BCUT2D eigenvalue weighted by Crippen LogP contribution is 2.03. The van der Waals surface area contributed by atoms with Gasteiger partial charge in [0.1, 0.15) is 5.82 Å². The van der Waals surface area contributed by atoms with Gasteiger partial charge in [-0.1, -0.05) is 19.9 Å². The zero-order valence-electron chi connectivity index (χ0n) is 12.3. The van der Waals surface area contributed by atoms with E-state index in [2.05, 4.69) is 34.5 Å². The van der Waals surface area contributed by atoms with Crippen LogP contribution in [0.3, 0.4) is 0 Å². The fourth-order valence-corrected chi connectivity index (χ4v) is 1.39. The van der Waals surface area contributed by atoms with Crippen LogP contribution in [-0.2, 0) is 4.79 Å². The smallest absolute Gasteiger partial charge is 0.227 e. The van der Waals surface area contributed by atoms with Gasteiger partial charge in [0.25, 0.3) is 0 Å². The van der Waals surface area contributed by atoms with Crippen molar-refractivity contribution in [3.63, 3.8) is 0 Å². The van der Waals surface area contributed by atoms with Crippen molar-refractivity contribution in [2.45, 2.75) is 27.2 Å². The molecule has 4 N–H and O–H groups in total. The van der Waals surface area contributed by atoms with Crippen LogP contribution < -0.4 is 16.4 Å². The third-order valence-corrected chi connectivity index (χ3v) is 2.46. The lowest BCUT2D eigenvalue weighted by molar-refractivity contribution is -0.116. The molecule has 1 aromatic heterocycles. The maximum atomic E-state index is 11.7. The molecule has 0 aromatic carbocycles. The highest BCUT2D eigenvalue weighted by molar-refractivity contribution is 5.90. The number of carbonyl (C=O) groups excluding carboxylic acids is 1. The molecule has 0 atom stereocenters. The molecular formula is C14H23N5O. The molecule has 1 heterocycles. The van der Waals surface area contributed by atoms with Crippen LogP contribution in [0.5, 0.6) is 0 Å². The van der Waals surface area contributed by atoms with E-state index in [0.717, 1.165) is 5.56 Å². The predicted molar refractivity (Wildman–Crippen MR) is 81.6 cm³/mol. The van der Waals surface area contributed by atoms with Crippen LogP contribution in [0.2, 0.25) is 0 Å². The van der Waals surface area contributed by atoms with E-state index in [1.165, 1.54) is 0 Å². The molecule has 6 nitrogen and oxygen atoms in total. The Labute approximate surface area is 119 Å². The summed E-state index contributed by atoms with van der Waals surface area (Å²) in [5, 5.41) is 5.63. The Bertz CT molecular complexity index is 453. The van der Waals surface area contributed by atoms with Crippen molar-refractivity contribution in [1.82, 2.24) is 10.3 Å². The molecule has 6 heteroatoms. The predicted octanol–water partition coefficient (Wildman–Crippen LogP) is 1.28. The molecule has 0 saturated carbocycles. The Hall–Kier alpha value is -2.11. The van der Waals surface area contributed by atoms with Crippen molar-refractivity contribution >= 4 is 17.7 Å². The summed E-state index contributed by atoms with van der Waals surface area (Å²) in [6.07, 6.45) is 2.03. The Morgan fingerprint density at radius 1 is 1.45 bits per heavy atom. The van der Waals surface area contributed by atoms with Gasteiger partial charge in [0.05, 0.1) is 0 Å². The number of guanidine groups is 1. The molecule has 1 amide bonds. The highest BCUT2D eigenvalue weighted by atomic mass is 16.1. The van der Waals surface area contributed by atoms with E-state index in [4.69, 9.17) is 5.73 Å². The number of amides is 1. The first-order chi connectivity index (χ1) is 9.47. The fourth-order valence-electron chi connectivity index (χ4n) is 1.39. The van der Waals surface area contributed by atoms with Crippen LogP contribution in [0.1, 0.15) is 25.8 Å². The summed E-state index contributed by atoms with van der Waals surface area (Å²) in [5.74, 6) is 1.29. The summed E-state index contributed by atoms with van der Waals surface area (Å²) < 4.78 is 0. The summed E-state index contributed by atoms with van der Waals surface area (Å²) >= 11 is 0. The van der Waals surface area contributed by atoms with Crippen molar-refractivity contribution in [3.05, 3.63) is 23.9 Å². The summed E-state index contributed by atoms with van der Waals surface area (Å²) in [5.41, 5.74) is 6.73. The third kappa shape index (κ3) is 6.72. The number of carbonyl (C=O) groups is 1. The monoisotopic (exact) mass is 277 g/mol. The molecule has 1 rings (SSSR count). The Morgan fingerprint density at radius 3 is 2.80 bits per heavy atom. The van der Waals surface area contributed by atoms with Crippen LogP contribution in [0.15, 0.2) is 23.3 Å². The highest BCUT2D eigenvalue weighted by Gasteiger charge is 2.03. The second-order valence-electron chi connectivity index (χ2n) is 5.07. The van der Waals surface area contributed by atoms with E-state index in [9.17, 15) is 4.79 Å². The van der Waals surface area contributed by atoms with Crippen molar-refractivity contribution in [2.75, 3.05) is 18.4 Å². The van der Waals surface area contributed by atoms with Gasteiger partial charge in [-0.3, -0.25) is 9.79 Å². The standard InChI is InChI=1S/C14H23N5O/c1-10(2)8-18-14(15)16-7-6-13(20)19-12-5-4-11(3)9-17-12/h4-5,9-10H,6-8H2,1-3H3,(H3,15,16,18)(H,17,19,20). The number of hydrogen-bond acceptors (Lipinski definition) is 3. The summed E-state index contributed by atoms with van der Waals surface area (Å²) in [7, 11) is 0. The lowest BCUT2D eigenvalue weighted by atomic mass is 10.2. The van der Waals surface area contributed by atoms with Gasteiger partial charge in [-0.15, -0.1) is 0 Å². The van der Waals surface area contributed by atoms with Gasteiger partial charge in [0.15, 0.2) is 5.96 Å². The molecule has 0 aliphatic carbocycles. The van der Waals surface area contributed by atoms with Gasteiger partial charge in [-0.25, -0.2) is 4.98 Å². The number of hydrogen-bond donors (Lipinski definition) is 3. The second kappa shape index (κ2) is 8.14. The minimum atomic E-state index is -0.106. The van der Waals surface area contributed by atoms with E-state index in [1.807, 2.05) is 13.0 Å². The quantitative estimate of drug-likeness (QED) is 0.539. The number of nitrogens with two attached hydrogens (primary N) is 1. The van der Waals surface area contributed by atoms with Gasteiger partial charge in [0, 0.05) is 25.7 Å². The second-order valence-corrected chi connectivity index (χ2v) is 5.07. The summed E-state index contributed by atoms with van der Waals surface area (Å²) in [6.45, 7) is 7.21. The third-order valence-electron chi connectivity index (χ3n) is 2.46. The minimum absolute atomic E-state index is 0.106. The normalized spacial score (nSPS) is 11.5. The van der Waals surface area contributed by atoms with Gasteiger partial charge in [-0.2, -0.15) is 0 Å². The Kier molecular flexibility index (Phi) is 6.49. The summed E-state index contributed by atoms with van der Waals surface area (Å²) in [4.78, 5) is 19.9. The number of aromatic nitrogens is 1. The molecule has 1 aromatic rings. The molecular weight excluding hydrogens is 254 g/mol. The van der Waals surface area contributed by atoms with Crippen molar-refractivity contribution in [1.29, 1.82) is 0 Å². The molecule has 0 spiro atoms. The maximum Gasteiger partial charge on any atom is 0.227 e. The Morgan fingerprint density at radius 2 is 2.20 bits per heavy atom. The molecule has 0 bridgehead atoms. The molecule has 0 saturated heterocycles. The minimum Gasteiger partial charge on any atom is -0.370 e. The molecule has 0 aliphatic heterocycles. The number of aryl methyl sites for hydroxylation is 1. The number of nitrogens with one attached hydrogen (secondary N) is 2. The van der Waals surface area contributed by atoms with Crippen molar-refractivity contribution in [2.24, 2.45) is 16.6 Å². The van der Waals surface area contributed by atoms with Gasteiger partial charge < -0.3 is 16.4 Å². The summed E-state index contributed by atoms with van der Waals surface area (Å²) in [6, 6.07) is 3.68. The largest absolute Gasteiger partial charge is 0.370 e. The maximum absolute atomic E-state index is 11.7. The SMILES string of the molecule is Cc1ccc(NC(=O)CCNC(N)=NCC(C)C)nc1. The first kappa shape index (κ1) is 15.9. The first-order valence-corrected chi connectivity index (χ1v) is 6.73. The lowest BCUT2D eigenvalue weighted by Gasteiger charge is -2.07. The number of pyridine rings is 1.